The Labute approximate surface area is 208 Å². The number of carbonyl (C=O) groups excluding carboxylic acids is 1. The molecule has 12 heteroatoms. The zero-order valence-corrected chi connectivity index (χ0v) is 20.5. The second kappa shape index (κ2) is 9.57. The second-order valence-electron chi connectivity index (χ2n) is 8.39. The Hall–Kier alpha value is -2.99. The number of hydrogen-bond acceptors (Lipinski definition) is 8. The monoisotopic (exact) mass is 519 g/mol. The van der Waals surface area contributed by atoms with E-state index < -0.39 is 22.8 Å². The summed E-state index contributed by atoms with van der Waals surface area (Å²) in [6.07, 6.45) is 2.40. The van der Waals surface area contributed by atoms with Crippen LogP contribution >= 0.6 is 23.1 Å². The average molecular weight is 520 g/mol. The lowest BCUT2D eigenvalue weighted by atomic mass is 10.1. The third kappa shape index (κ3) is 4.40. The Morgan fingerprint density at radius 3 is 2.80 bits per heavy atom. The van der Waals surface area contributed by atoms with Crippen LogP contribution < -0.4 is 10.4 Å². The van der Waals surface area contributed by atoms with Gasteiger partial charge in [-0.25, -0.2) is 8.78 Å². The second-order valence-corrected chi connectivity index (χ2v) is 10.6. The molecule has 35 heavy (non-hydrogen) atoms. The van der Waals surface area contributed by atoms with Gasteiger partial charge in [0.25, 0.3) is 5.91 Å². The van der Waals surface area contributed by atoms with Gasteiger partial charge < -0.3 is 15.0 Å². The van der Waals surface area contributed by atoms with Gasteiger partial charge in [-0.15, -0.1) is 10.2 Å². The number of nitrogens with zero attached hydrogens (tertiary/aromatic N) is 5. The molecule has 2 aromatic heterocycles. The SMILES string of the molecule is CCN1C(=O)c2c(O)c(=O)c(-c3nnc(Cc4ccc(F)cc4F)s3)cn2N2CCSCC1CC2. The topological polar surface area (TPSA) is 91.6 Å². The number of fused-ring (bicyclic) bond motifs is 5. The molecular weight excluding hydrogens is 496 g/mol. The molecule has 0 spiro atoms. The lowest BCUT2D eigenvalue weighted by Gasteiger charge is -2.40. The molecule has 4 heterocycles. The van der Waals surface area contributed by atoms with Crippen molar-refractivity contribution in [2.75, 3.05) is 36.1 Å². The predicted octanol–water partition coefficient (Wildman–Crippen LogP) is 2.86. The minimum atomic E-state index is -0.708. The Balaban J connectivity index is 1.57. The molecule has 184 valence electrons. The van der Waals surface area contributed by atoms with Crippen molar-refractivity contribution >= 4 is 29.0 Å². The van der Waals surface area contributed by atoms with E-state index in [0.717, 1.165) is 35.3 Å². The van der Waals surface area contributed by atoms with Gasteiger partial charge in [0.2, 0.25) is 5.43 Å². The summed E-state index contributed by atoms with van der Waals surface area (Å²) in [4.78, 5) is 28.3. The van der Waals surface area contributed by atoms with Gasteiger partial charge in [-0.2, -0.15) is 11.8 Å². The first kappa shape index (κ1) is 23.7. The Morgan fingerprint density at radius 2 is 2.03 bits per heavy atom. The lowest BCUT2D eigenvalue weighted by molar-refractivity contribution is 0.0669. The molecule has 1 saturated heterocycles. The molecule has 2 bridgehead atoms. The van der Waals surface area contributed by atoms with Gasteiger partial charge in [-0.1, -0.05) is 17.4 Å². The summed E-state index contributed by atoms with van der Waals surface area (Å²) < 4.78 is 28.9. The van der Waals surface area contributed by atoms with Crippen molar-refractivity contribution in [3.8, 4) is 16.3 Å². The van der Waals surface area contributed by atoms with Crippen LogP contribution in [0.15, 0.2) is 29.2 Å². The predicted molar refractivity (Wildman–Crippen MR) is 131 cm³/mol. The molecular formula is C23H23F2N5O3S2. The van der Waals surface area contributed by atoms with E-state index in [1.54, 1.807) is 27.5 Å². The zero-order chi connectivity index (χ0) is 24.7. The molecule has 2 aliphatic heterocycles. The molecule has 8 nitrogen and oxygen atoms in total. The molecule has 2 aliphatic rings. The van der Waals surface area contributed by atoms with Crippen LogP contribution in [0.4, 0.5) is 8.78 Å². The van der Waals surface area contributed by atoms with Crippen molar-refractivity contribution in [3.05, 3.63) is 62.5 Å². The molecule has 5 rings (SSSR count). The minimum Gasteiger partial charge on any atom is -0.502 e. The van der Waals surface area contributed by atoms with Gasteiger partial charge in [-0.05, 0) is 25.0 Å². The molecule has 0 aliphatic carbocycles. The van der Waals surface area contributed by atoms with Gasteiger partial charge in [0.15, 0.2) is 16.5 Å². The highest BCUT2D eigenvalue weighted by Gasteiger charge is 2.35. The van der Waals surface area contributed by atoms with Gasteiger partial charge in [0, 0.05) is 55.9 Å². The fourth-order valence-corrected chi connectivity index (χ4v) is 6.47. The van der Waals surface area contributed by atoms with E-state index in [1.165, 1.54) is 12.1 Å². The molecule has 1 atom stereocenters. The summed E-state index contributed by atoms with van der Waals surface area (Å²) in [5.74, 6) is -0.692. The highest BCUT2D eigenvalue weighted by atomic mass is 32.2. The molecule has 1 N–H and O–H groups in total. The van der Waals surface area contributed by atoms with E-state index in [2.05, 4.69) is 10.2 Å². The highest BCUT2D eigenvalue weighted by molar-refractivity contribution is 7.99. The summed E-state index contributed by atoms with van der Waals surface area (Å²) in [5, 5.41) is 21.8. The summed E-state index contributed by atoms with van der Waals surface area (Å²) in [7, 11) is 0. The maximum atomic E-state index is 14.1. The molecule has 3 aromatic rings. The maximum Gasteiger partial charge on any atom is 0.276 e. The fraction of sp³-hybridized carbons (Fsp3) is 0.391. The van der Waals surface area contributed by atoms with Crippen LogP contribution in [0.1, 0.15) is 34.4 Å². The number of hydrogen-bond donors (Lipinski definition) is 1. The van der Waals surface area contributed by atoms with E-state index in [0.29, 0.717) is 24.6 Å². The minimum absolute atomic E-state index is 0.0285. The lowest BCUT2D eigenvalue weighted by Crippen LogP contribution is -2.52. The number of aromatic hydroxyl groups is 1. The van der Waals surface area contributed by atoms with Crippen LogP contribution in [-0.4, -0.2) is 68.0 Å². The summed E-state index contributed by atoms with van der Waals surface area (Å²) in [5.41, 5.74) is -0.391. The van der Waals surface area contributed by atoms with E-state index in [4.69, 9.17) is 0 Å². The van der Waals surface area contributed by atoms with Crippen LogP contribution in [-0.2, 0) is 6.42 Å². The van der Waals surface area contributed by atoms with Gasteiger partial charge in [0.1, 0.15) is 16.6 Å². The fourth-order valence-electron chi connectivity index (χ4n) is 4.47. The Kier molecular flexibility index (Phi) is 6.49. The molecule has 1 unspecified atom stereocenters. The standard InChI is InChI=1S/C23H23F2N5O3S2/c1-2-29-15-5-6-28(7-8-34-12-15)30-11-16(20(31)21(32)19(30)23(29)33)22-27-26-18(35-22)9-13-3-4-14(24)10-17(13)25/h3-4,10-11,15,32H,2,5-9,12H2,1H3. The van der Waals surface area contributed by atoms with Gasteiger partial charge in [-0.3, -0.25) is 14.3 Å². The van der Waals surface area contributed by atoms with Gasteiger partial charge in [0.05, 0.1) is 5.56 Å². The quantitative estimate of drug-likeness (QED) is 0.567. The van der Waals surface area contributed by atoms with Crippen LogP contribution in [0.3, 0.4) is 0 Å². The average Bonchev–Trinajstić information content (AvgIpc) is 3.27. The summed E-state index contributed by atoms with van der Waals surface area (Å²) >= 11 is 2.86. The number of pyridine rings is 1. The zero-order valence-electron chi connectivity index (χ0n) is 18.9. The van der Waals surface area contributed by atoms with Crippen molar-refractivity contribution < 1.29 is 18.7 Å². The van der Waals surface area contributed by atoms with Crippen molar-refractivity contribution in [2.45, 2.75) is 25.8 Å². The smallest absolute Gasteiger partial charge is 0.276 e. The Morgan fingerprint density at radius 1 is 1.20 bits per heavy atom. The number of benzene rings is 1. The van der Waals surface area contributed by atoms with E-state index in [1.807, 2.05) is 11.9 Å². The van der Waals surface area contributed by atoms with Crippen molar-refractivity contribution in [2.24, 2.45) is 0 Å². The van der Waals surface area contributed by atoms with E-state index in [-0.39, 0.29) is 40.2 Å². The normalized spacial score (nSPS) is 18.1. The van der Waals surface area contributed by atoms with Crippen LogP contribution in [0.5, 0.6) is 5.75 Å². The number of aromatic nitrogens is 3. The maximum absolute atomic E-state index is 14.1. The first-order chi connectivity index (χ1) is 16.9. The van der Waals surface area contributed by atoms with Crippen molar-refractivity contribution in [3.63, 3.8) is 0 Å². The molecule has 0 radical (unpaired) electrons. The van der Waals surface area contributed by atoms with Crippen molar-refractivity contribution in [1.29, 1.82) is 0 Å². The third-order valence-electron chi connectivity index (χ3n) is 6.29. The molecule has 1 amide bonds. The molecule has 1 aromatic carbocycles. The highest BCUT2D eigenvalue weighted by Crippen LogP contribution is 2.29. The van der Waals surface area contributed by atoms with E-state index in [9.17, 15) is 23.5 Å². The number of thioether (sulfide) groups is 1. The van der Waals surface area contributed by atoms with Gasteiger partial charge >= 0.3 is 0 Å². The van der Waals surface area contributed by atoms with Crippen molar-refractivity contribution in [1.82, 2.24) is 19.8 Å². The summed E-state index contributed by atoms with van der Waals surface area (Å²) in [6.45, 7) is 3.67. The first-order valence-corrected chi connectivity index (χ1v) is 13.2. The van der Waals surface area contributed by atoms with E-state index >= 15 is 0 Å². The number of rotatable bonds is 4. The number of halogens is 2. The van der Waals surface area contributed by atoms with Crippen LogP contribution in [0.25, 0.3) is 10.6 Å². The summed E-state index contributed by atoms with van der Waals surface area (Å²) in [6, 6.07) is 3.35. The number of carbonyl (C=O) groups is 1. The largest absolute Gasteiger partial charge is 0.502 e. The van der Waals surface area contributed by atoms with Crippen LogP contribution in [0, 0.1) is 11.6 Å². The first-order valence-electron chi connectivity index (χ1n) is 11.3. The van der Waals surface area contributed by atoms with Crippen LogP contribution in [0.2, 0.25) is 0 Å². The number of amides is 1. The molecule has 1 fully saturated rings. The third-order valence-corrected chi connectivity index (χ3v) is 8.34. The molecule has 0 saturated carbocycles. The Bertz CT molecular complexity index is 1350.